The van der Waals surface area contributed by atoms with Gasteiger partial charge in [-0.15, -0.1) is 0 Å². The zero-order valence-electron chi connectivity index (χ0n) is 12.4. The summed E-state index contributed by atoms with van der Waals surface area (Å²) in [5, 5.41) is 3.62. The molecule has 7 heteroatoms. The molecule has 3 amide bonds. The first-order valence-electron chi connectivity index (χ1n) is 7.57. The maximum absolute atomic E-state index is 12.7. The Morgan fingerprint density at radius 2 is 2.04 bits per heavy atom. The van der Waals surface area contributed by atoms with E-state index >= 15 is 0 Å². The molecule has 3 heterocycles. The molecule has 0 aliphatic carbocycles. The summed E-state index contributed by atoms with van der Waals surface area (Å²) in [6.45, 7) is 1.12. The van der Waals surface area contributed by atoms with Crippen LogP contribution < -0.4 is 5.32 Å². The molecule has 0 bridgehead atoms. The SMILES string of the molecule is O=C1NCC(=O)N2CCN(C(=O)c3ccc4cc[nH]c4c3)CC12. The van der Waals surface area contributed by atoms with Crippen molar-refractivity contribution >= 4 is 28.6 Å². The van der Waals surface area contributed by atoms with Crippen LogP contribution in [-0.4, -0.2) is 64.7 Å². The summed E-state index contributed by atoms with van der Waals surface area (Å²) in [6, 6.07) is 6.86. The standard InChI is InChI=1S/C16H16N4O3/c21-14-8-18-15(22)13-9-19(5-6-20(13)14)16(23)11-2-1-10-3-4-17-12(10)7-11/h1-4,7,13,17H,5-6,8-9H2,(H,18,22). The summed E-state index contributed by atoms with van der Waals surface area (Å²) < 4.78 is 0. The molecule has 0 spiro atoms. The molecule has 23 heavy (non-hydrogen) atoms. The molecular weight excluding hydrogens is 296 g/mol. The maximum Gasteiger partial charge on any atom is 0.254 e. The van der Waals surface area contributed by atoms with Crippen LogP contribution in [0.4, 0.5) is 0 Å². The number of fused-ring (bicyclic) bond motifs is 2. The van der Waals surface area contributed by atoms with Gasteiger partial charge in [0.1, 0.15) is 6.04 Å². The Morgan fingerprint density at radius 1 is 1.17 bits per heavy atom. The van der Waals surface area contributed by atoms with E-state index in [0.29, 0.717) is 18.7 Å². The van der Waals surface area contributed by atoms with E-state index in [1.165, 1.54) is 0 Å². The van der Waals surface area contributed by atoms with Gasteiger partial charge in [0.2, 0.25) is 11.8 Å². The molecule has 0 saturated carbocycles. The first-order valence-corrected chi connectivity index (χ1v) is 7.57. The Balaban J connectivity index is 1.57. The van der Waals surface area contributed by atoms with Crippen LogP contribution in [0.2, 0.25) is 0 Å². The Bertz CT molecular complexity index is 813. The second kappa shape index (κ2) is 5.12. The summed E-state index contributed by atoms with van der Waals surface area (Å²) in [6.07, 6.45) is 1.83. The number of carbonyl (C=O) groups excluding carboxylic acids is 3. The minimum atomic E-state index is -0.580. The third-order valence-electron chi connectivity index (χ3n) is 4.51. The lowest BCUT2D eigenvalue weighted by Crippen LogP contribution is -2.66. The minimum absolute atomic E-state index is 0.0484. The molecular formula is C16H16N4O3. The molecule has 2 aromatic rings. The van der Waals surface area contributed by atoms with Crippen molar-refractivity contribution in [2.75, 3.05) is 26.2 Å². The molecule has 1 atom stereocenters. The Labute approximate surface area is 132 Å². The predicted octanol–water partition coefficient (Wildman–Crippen LogP) is -0.0493. The molecule has 1 unspecified atom stereocenters. The van der Waals surface area contributed by atoms with E-state index in [0.717, 1.165) is 10.9 Å². The number of carbonyl (C=O) groups is 3. The van der Waals surface area contributed by atoms with Crippen LogP contribution in [0, 0.1) is 0 Å². The van der Waals surface area contributed by atoms with Crippen LogP contribution in [-0.2, 0) is 9.59 Å². The fourth-order valence-electron chi connectivity index (χ4n) is 3.24. The van der Waals surface area contributed by atoms with Gasteiger partial charge in [-0.2, -0.15) is 0 Å². The average molecular weight is 312 g/mol. The van der Waals surface area contributed by atoms with E-state index in [9.17, 15) is 14.4 Å². The number of nitrogens with one attached hydrogen (secondary N) is 2. The van der Waals surface area contributed by atoms with Gasteiger partial charge in [0.05, 0.1) is 13.1 Å². The van der Waals surface area contributed by atoms with Gasteiger partial charge < -0.3 is 20.1 Å². The number of benzene rings is 1. The highest BCUT2D eigenvalue weighted by Gasteiger charge is 2.39. The van der Waals surface area contributed by atoms with Gasteiger partial charge in [-0.25, -0.2) is 0 Å². The summed E-state index contributed by atoms with van der Waals surface area (Å²) in [5.74, 6) is -0.400. The van der Waals surface area contributed by atoms with Gasteiger partial charge in [-0.05, 0) is 23.6 Å². The fourth-order valence-corrected chi connectivity index (χ4v) is 3.24. The number of nitrogens with zero attached hydrogens (tertiary/aromatic N) is 2. The van der Waals surface area contributed by atoms with Crippen LogP contribution in [0.1, 0.15) is 10.4 Å². The number of H-pyrrole nitrogens is 1. The van der Waals surface area contributed by atoms with Gasteiger partial charge >= 0.3 is 0 Å². The highest BCUT2D eigenvalue weighted by atomic mass is 16.2. The Morgan fingerprint density at radius 3 is 2.91 bits per heavy atom. The van der Waals surface area contributed by atoms with Gasteiger partial charge in [0, 0.05) is 30.4 Å². The summed E-state index contributed by atoms with van der Waals surface area (Å²) in [5.41, 5.74) is 1.48. The number of hydrogen-bond donors (Lipinski definition) is 2. The van der Waals surface area contributed by atoms with Crippen molar-refractivity contribution in [1.82, 2.24) is 20.1 Å². The van der Waals surface area contributed by atoms with Gasteiger partial charge in [0.25, 0.3) is 5.91 Å². The van der Waals surface area contributed by atoms with Crippen molar-refractivity contribution in [1.29, 1.82) is 0 Å². The summed E-state index contributed by atoms with van der Waals surface area (Å²) in [4.78, 5) is 42.8. The van der Waals surface area contributed by atoms with E-state index in [1.807, 2.05) is 24.4 Å². The van der Waals surface area contributed by atoms with E-state index in [2.05, 4.69) is 10.3 Å². The molecule has 0 radical (unpaired) electrons. The highest BCUT2D eigenvalue weighted by Crippen LogP contribution is 2.19. The first kappa shape index (κ1) is 13.8. The van der Waals surface area contributed by atoms with Crippen LogP contribution in [0.3, 0.4) is 0 Å². The second-order valence-electron chi connectivity index (χ2n) is 5.85. The molecule has 2 saturated heterocycles. The van der Waals surface area contributed by atoms with Gasteiger partial charge in [-0.1, -0.05) is 6.07 Å². The lowest BCUT2D eigenvalue weighted by molar-refractivity contribution is -0.148. The Hall–Kier alpha value is -2.83. The van der Waals surface area contributed by atoms with Crippen molar-refractivity contribution in [3.63, 3.8) is 0 Å². The van der Waals surface area contributed by atoms with E-state index in [1.54, 1.807) is 15.9 Å². The molecule has 2 aliphatic heterocycles. The molecule has 4 rings (SSSR count). The zero-order valence-corrected chi connectivity index (χ0v) is 12.4. The smallest absolute Gasteiger partial charge is 0.254 e. The third kappa shape index (κ3) is 2.25. The zero-order chi connectivity index (χ0) is 16.0. The lowest BCUT2D eigenvalue weighted by atomic mass is 10.1. The quantitative estimate of drug-likeness (QED) is 0.774. The number of aromatic amines is 1. The first-order chi connectivity index (χ1) is 11.1. The lowest BCUT2D eigenvalue weighted by Gasteiger charge is -2.42. The topological polar surface area (TPSA) is 85.5 Å². The molecule has 1 aromatic heterocycles. The molecule has 7 nitrogen and oxygen atoms in total. The third-order valence-corrected chi connectivity index (χ3v) is 4.51. The van der Waals surface area contributed by atoms with Gasteiger partial charge in [-0.3, -0.25) is 14.4 Å². The van der Waals surface area contributed by atoms with E-state index in [4.69, 9.17) is 0 Å². The Kier molecular flexibility index (Phi) is 3.07. The van der Waals surface area contributed by atoms with E-state index < -0.39 is 6.04 Å². The van der Waals surface area contributed by atoms with Crippen molar-refractivity contribution in [3.8, 4) is 0 Å². The molecule has 2 aliphatic rings. The molecule has 2 N–H and O–H groups in total. The average Bonchev–Trinajstić information content (AvgIpc) is 3.05. The van der Waals surface area contributed by atoms with Crippen LogP contribution in [0.15, 0.2) is 30.5 Å². The van der Waals surface area contributed by atoms with Crippen molar-refractivity contribution < 1.29 is 14.4 Å². The largest absolute Gasteiger partial charge is 0.361 e. The number of amides is 3. The second-order valence-corrected chi connectivity index (χ2v) is 5.85. The molecule has 1 aromatic carbocycles. The highest BCUT2D eigenvalue weighted by molar-refractivity contribution is 5.99. The summed E-state index contributed by atoms with van der Waals surface area (Å²) in [7, 11) is 0. The van der Waals surface area contributed by atoms with Crippen LogP contribution in [0.25, 0.3) is 10.9 Å². The van der Waals surface area contributed by atoms with Crippen LogP contribution in [0.5, 0.6) is 0 Å². The normalized spacial score (nSPS) is 21.3. The van der Waals surface area contributed by atoms with E-state index in [-0.39, 0.29) is 30.8 Å². The maximum atomic E-state index is 12.7. The van der Waals surface area contributed by atoms with Crippen molar-refractivity contribution in [2.24, 2.45) is 0 Å². The number of aromatic nitrogens is 1. The predicted molar refractivity (Wildman–Crippen MR) is 82.7 cm³/mol. The number of piperazine rings is 2. The van der Waals surface area contributed by atoms with Crippen LogP contribution >= 0.6 is 0 Å². The van der Waals surface area contributed by atoms with Gasteiger partial charge in [0.15, 0.2) is 0 Å². The monoisotopic (exact) mass is 312 g/mol. The fraction of sp³-hybridized carbons (Fsp3) is 0.312. The van der Waals surface area contributed by atoms with Crippen molar-refractivity contribution in [2.45, 2.75) is 6.04 Å². The summed E-state index contributed by atoms with van der Waals surface area (Å²) >= 11 is 0. The number of rotatable bonds is 1. The number of hydrogen-bond acceptors (Lipinski definition) is 3. The van der Waals surface area contributed by atoms with Crippen molar-refractivity contribution in [3.05, 3.63) is 36.0 Å². The minimum Gasteiger partial charge on any atom is -0.361 e. The molecule has 118 valence electrons. The molecule has 2 fully saturated rings.